The summed E-state index contributed by atoms with van der Waals surface area (Å²) >= 11 is 0. The lowest BCUT2D eigenvalue weighted by Gasteiger charge is -2.18. The summed E-state index contributed by atoms with van der Waals surface area (Å²) in [6.07, 6.45) is 1.78. The number of nitrogens with zero attached hydrogens (tertiary/aromatic N) is 4. The molecule has 4 aromatic heterocycles. The molecule has 0 aliphatic rings. The third kappa shape index (κ3) is 2.68. The molecule has 4 heterocycles. The van der Waals surface area contributed by atoms with E-state index in [2.05, 4.69) is 74.5 Å². The van der Waals surface area contributed by atoms with Crippen LogP contribution in [0.4, 0.5) is 0 Å². The highest BCUT2D eigenvalue weighted by molar-refractivity contribution is 6.40. The Bertz CT molecular complexity index is 3020. The van der Waals surface area contributed by atoms with Crippen molar-refractivity contribution in [2.24, 2.45) is 0 Å². The van der Waals surface area contributed by atoms with Crippen LogP contribution >= 0.6 is 0 Å². The molecule has 11 aromatic rings. The summed E-state index contributed by atoms with van der Waals surface area (Å²) in [6.45, 7) is 4.24. The van der Waals surface area contributed by atoms with Crippen molar-refractivity contribution >= 4 is 98.0 Å². The Morgan fingerprint density at radius 2 is 0.804 bits per heavy atom. The second kappa shape index (κ2) is 8.03. The molecule has 7 aromatic carbocycles. The maximum absolute atomic E-state index is 14.2. The molecule has 216 valence electrons. The monoisotopic (exact) mass is 592 g/mol. The summed E-state index contributed by atoms with van der Waals surface area (Å²) in [5, 5.41) is 11.6. The highest BCUT2D eigenvalue weighted by Gasteiger charge is 2.24. The van der Waals surface area contributed by atoms with Gasteiger partial charge in [-0.15, -0.1) is 0 Å². The maximum Gasteiger partial charge on any atom is 0.264 e. The van der Waals surface area contributed by atoms with Crippen molar-refractivity contribution in [2.75, 3.05) is 0 Å². The van der Waals surface area contributed by atoms with Gasteiger partial charge in [0.25, 0.3) is 11.1 Å². The van der Waals surface area contributed by atoms with E-state index in [1.807, 2.05) is 24.3 Å². The van der Waals surface area contributed by atoms with Crippen LogP contribution in [0.3, 0.4) is 0 Å². The molecule has 0 amide bonds. The first-order valence-electron chi connectivity index (χ1n) is 15.9. The van der Waals surface area contributed by atoms with Crippen molar-refractivity contribution in [1.29, 1.82) is 0 Å². The van der Waals surface area contributed by atoms with Crippen LogP contribution in [0.5, 0.6) is 0 Å². The first kappa shape index (κ1) is 24.4. The van der Waals surface area contributed by atoms with Gasteiger partial charge in [0.15, 0.2) is 0 Å². The number of hydrogen-bond acceptors (Lipinski definition) is 4. The molecule has 6 heteroatoms. The molecule has 0 spiro atoms. The van der Waals surface area contributed by atoms with Crippen molar-refractivity contribution in [2.45, 2.75) is 26.7 Å². The number of aryl methyl sites for hydroxylation is 2. The Hall–Kier alpha value is -5.88. The zero-order valence-corrected chi connectivity index (χ0v) is 25.1. The Morgan fingerprint density at radius 1 is 0.457 bits per heavy atom. The molecule has 0 aliphatic heterocycles. The van der Waals surface area contributed by atoms with Crippen LogP contribution in [0.15, 0.2) is 94.5 Å². The molecule has 0 fully saturated rings. The van der Waals surface area contributed by atoms with Crippen LogP contribution in [0.1, 0.15) is 25.0 Å². The summed E-state index contributed by atoms with van der Waals surface area (Å²) in [5.74, 6) is 0. The van der Waals surface area contributed by atoms with E-state index in [1.165, 1.54) is 11.1 Å². The Kier molecular flexibility index (Phi) is 4.27. The fraction of sp³-hybridized carbons (Fsp3) is 0.100. The Morgan fingerprint density at radius 3 is 1.20 bits per heavy atom. The van der Waals surface area contributed by atoms with Gasteiger partial charge in [-0.3, -0.25) is 18.4 Å². The number of aromatic nitrogens is 4. The third-order valence-corrected chi connectivity index (χ3v) is 10.5. The fourth-order valence-corrected chi connectivity index (χ4v) is 8.31. The minimum absolute atomic E-state index is 0.0475. The first-order valence-corrected chi connectivity index (χ1v) is 15.9. The number of hydrogen-bond donors (Lipinski definition) is 0. The SMILES string of the molecule is CCc1ccc2nc3c4ccc5c6ccc7c8c(ccc(c9ccc(c(=O)n3c2c1)c4c95)c68)c(=O)n1c2cc(CC)ccc2nc71. The fourth-order valence-electron chi connectivity index (χ4n) is 8.31. The lowest BCUT2D eigenvalue weighted by Crippen LogP contribution is -2.14. The highest BCUT2D eigenvalue weighted by atomic mass is 16.1. The number of benzene rings is 7. The maximum atomic E-state index is 14.2. The predicted molar refractivity (Wildman–Crippen MR) is 189 cm³/mol. The van der Waals surface area contributed by atoms with E-state index in [4.69, 9.17) is 9.97 Å². The van der Waals surface area contributed by atoms with Crippen LogP contribution in [0.2, 0.25) is 0 Å². The summed E-state index contributed by atoms with van der Waals surface area (Å²) in [7, 11) is 0. The van der Waals surface area contributed by atoms with Gasteiger partial charge < -0.3 is 0 Å². The van der Waals surface area contributed by atoms with Gasteiger partial charge in [-0.05, 0) is 105 Å². The summed E-state index contributed by atoms with van der Waals surface area (Å²) in [4.78, 5) is 38.4. The molecular formula is C40H24N4O2. The molecule has 0 N–H and O–H groups in total. The Balaban J connectivity index is 1.34. The minimum Gasteiger partial charge on any atom is -0.268 e. The molecule has 0 aliphatic carbocycles. The van der Waals surface area contributed by atoms with Crippen molar-refractivity contribution in [1.82, 2.24) is 18.8 Å². The van der Waals surface area contributed by atoms with Gasteiger partial charge >= 0.3 is 0 Å². The first-order chi connectivity index (χ1) is 22.6. The van der Waals surface area contributed by atoms with Crippen LogP contribution in [0.25, 0.3) is 98.0 Å². The van der Waals surface area contributed by atoms with Crippen molar-refractivity contribution in [3.63, 3.8) is 0 Å². The lowest BCUT2D eigenvalue weighted by atomic mass is 9.86. The van der Waals surface area contributed by atoms with E-state index in [0.717, 1.165) is 88.8 Å². The number of pyridine rings is 2. The normalized spacial score (nSPS) is 12.9. The average Bonchev–Trinajstić information content (AvgIpc) is 3.67. The molecule has 46 heavy (non-hydrogen) atoms. The van der Waals surface area contributed by atoms with E-state index in [9.17, 15) is 9.59 Å². The van der Waals surface area contributed by atoms with Gasteiger partial charge in [-0.1, -0.05) is 50.2 Å². The summed E-state index contributed by atoms with van der Waals surface area (Å²) < 4.78 is 3.58. The van der Waals surface area contributed by atoms with E-state index in [0.29, 0.717) is 22.1 Å². The molecule has 0 saturated heterocycles. The lowest BCUT2D eigenvalue weighted by molar-refractivity contribution is 1.13. The van der Waals surface area contributed by atoms with Crippen LogP contribution < -0.4 is 11.1 Å². The van der Waals surface area contributed by atoms with Gasteiger partial charge in [0.1, 0.15) is 11.3 Å². The van der Waals surface area contributed by atoms with E-state index < -0.39 is 0 Å². The van der Waals surface area contributed by atoms with Gasteiger partial charge in [0.05, 0.1) is 22.1 Å². The molecular weight excluding hydrogens is 568 g/mol. The standard InChI is InChI=1S/C40H24N4O2/c1-3-19-5-15-29-31(17-19)43-37(41-29)25-11-7-21-22-8-12-26-36-28(40(46)44-32-18-20(4-2)6-16-30(32)42-38(26)44)14-10-24(34(22)36)23-9-13-27(39(43)45)35(25)33(21)23/h5-18H,3-4H2,1-2H3. The average molecular weight is 593 g/mol. The van der Waals surface area contributed by atoms with Crippen molar-refractivity contribution < 1.29 is 0 Å². The molecule has 0 bridgehead atoms. The molecule has 0 radical (unpaired) electrons. The summed E-state index contributed by atoms with van der Waals surface area (Å²) in [6, 6.07) is 29.1. The molecule has 11 rings (SSSR count). The zero-order chi connectivity index (χ0) is 30.6. The van der Waals surface area contributed by atoms with E-state index in [-0.39, 0.29) is 11.1 Å². The largest absolute Gasteiger partial charge is 0.268 e. The topological polar surface area (TPSA) is 68.7 Å². The Labute approximate surface area is 259 Å². The van der Waals surface area contributed by atoms with Crippen molar-refractivity contribution in [3.05, 3.63) is 117 Å². The van der Waals surface area contributed by atoms with E-state index >= 15 is 0 Å². The van der Waals surface area contributed by atoms with Gasteiger partial charge in [0.2, 0.25) is 0 Å². The number of imidazole rings is 2. The van der Waals surface area contributed by atoms with E-state index in [1.54, 1.807) is 8.80 Å². The quantitative estimate of drug-likeness (QED) is 0.149. The second-order valence-electron chi connectivity index (χ2n) is 12.6. The number of fused-ring (bicyclic) bond motifs is 10. The number of rotatable bonds is 2. The second-order valence-corrected chi connectivity index (χ2v) is 12.6. The van der Waals surface area contributed by atoms with Gasteiger partial charge in [0, 0.05) is 32.3 Å². The van der Waals surface area contributed by atoms with Crippen LogP contribution in [0, 0.1) is 0 Å². The smallest absolute Gasteiger partial charge is 0.264 e. The molecule has 6 nitrogen and oxygen atoms in total. The zero-order valence-electron chi connectivity index (χ0n) is 25.1. The van der Waals surface area contributed by atoms with Gasteiger partial charge in [-0.25, -0.2) is 9.97 Å². The van der Waals surface area contributed by atoms with Crippen LogP contribution in [-0.2, 0) is 12.8 Å². The minimum atomic E-state index is -0.0475. The summed E-state index contributed by atoms with van der Waals surface area (Å²) in [5.41, 5.74) is 6.99. The molecule has 0 saturated carbocycles. The van der Waals surface area contributed by atoms with Crippen molar-refractivity contribution in [3.8, 4) is 0 Å². The van der Waals surface area contributed by atoms with Crippen LogP contribution in [-0.4, -0.2) is 18.8 Å². The predicted octanol–water partition coefficient (Wildman–Crippen LogP) is 8.37. The highest BCUT2D eigenvalue weighted by Crippen LogP contribution is 2.45. The molecule has 0 atom stereocenters. The third-order valence-electron chi connectivity index (χ3n) is 10.5. The van der Waals surface area contributed by atoms with Gasteiger partial charge in [-0.2, -0.15) is 0 Å². The molecule has 0 unspecified atom stereocenters.